The highest BCUT2D eigenvalue weighted by atomic mass is 79.9. The van der Waals surface area contributed by atoms with Crippen molar-refractivity contribution in [1.82, 2.24) is 10.2 Å². The SMILES string of the molecule is COCC(N)C(=O)NCCC(=O)N(C)Cc1ccccc1Br.Cl. The van der Waals surface area contributed by atoms with Gasteiger partial charge in [-0.3, -0.25) is 9.59 Å². The first-order chi connectivity index (χ1) is 10.5. The summed E-state index contributed by atoms with van der Waals surface area (Å²) in [5.41, 5.74) is 6.62. The number of carbonyl (C=O) groups excluding carboxylic acids is 2. The van der Waals surface area contributed by atoms with Gasteiger partial charge < -0.3 is 20.7 Å². The van der Waals surface area contributed by atoms with Crippen LogP contribution >= 0.6 is 28.3 Å². The van der Waals surface area contributed by atoms with Gasteiger partial charge in [0.1, 0.15) is 6.04 Å². The molecule has 0 bridgehead atoms. The predicted octanol–water partition coefficient (Wildman–Crippen LogP) is 1.31. The summed E-state index contributed by atoms with van der Waals surface area (Å²) in [5.74, 6) is -0.362. The molecule has 6 nitrogen and oxygen atoms in total. The molecule has 0 aliphatic rings. The molecular weight excluding hydrogens is 386 g/mol. The molecule has 2 amide bonds. The third-order valence-electron chi connectivity index (χ3n) is 3.11. The third-order valence-corrected chi connectivity index (χ3v) is 3.89. The van der Waals surface area contributed by atoms with Gasteiger partial charge in [-0.2, -0.15) is 0 Å². The Kier molecular flexibility index (Phi) is 10.8. The third kappa shape index (κ3) is 7.78. The Morgan fingerprint density at radius 1 is 1.39 bits per heavy atom. The Labute approximate surface area is 151 Å². The smallest absolute Gasteiger partial charge is 0.239 e. The molecule has 1 aromatic rings. The maximum absolute atomic E-state index is 12.0. The lowest BCUT2D eigenvalue weighted by atomic mass is 10.2. The van der Waals surface area contributed by atoms with Gasteiger partial charge in [0.05, 0.1) is 6.61 Å². The van der Waals surface area contributed by atoms with E-state index in [4.69, 9.17) is 10.5 Å². The van der Waals surface area contributed by atoms with Crippen LogP contribution in [-0.2, 0) is 20.9 Å². The Bertz CT molecular complexity index is 516. The fraction of sp³-hybridized carbons (Fsp3) is 0.467. The van der Waals surface area contributed by atoms with Crippen molar-refractivity contribution >= 4 is 40.2 Å². The molecule has 0 radical (unpaired) electrons. The minimum absolute atomic E-state index is 0. The van der Waals surface area contributed by atoms with Crippen LogP contribution in [0.2, 0.25) is 0 Å². The molecule has 0 saturated heterocycles. The normalized spacial score (nSPS) is 11.3. The second-order valence-corrected chi connectivity index (χ2v) is 5.80. The summed E-state index contributed by atoms with van der Waals surface area (Å²) in [4.78, 5) is 25.2. The first-order valence-electron chi connectivity index (χ1n) is 6.95. The first-order valence-corrected chi connectivity index (χ1v) is 7.74. The van der Waals surface area contributed by atoms with Crippen molar-refractivity contribution in [2.75, 3.05) is 27.3 Å². The number of benzene rings is 1. The maximum atomic E-state index is 12.0. The fourth-order valence-electron chi connectivity index (χ4n) is 1.84. The fourth-order valence-corrected chi connectivity index (χ4v) is 2.25. The van der Waals surface area contributed by atoms with E-state index < -0.39 is 6.04 Å². The Morgan fingerprint density at radius 3 is 2.65 bits per heavy atom. The zero-order chi connectivity index (χ0) is 16.5. The standard InChI is InChI=1S/C15H22BrN3O3.ClH/c1-19(9-11-5-3-4-6-12(11)16)14(20)7-8-18-15(21)13(17)10-22-2;/h3-6,13H,7-10,17H2,1-2H3,(H,18,21);1H. The van der Waals surface area contributed by atoms with E-state index in [2.05, 4.69) is 21.2 Å². The van der Waals surface area contributed by atoms with E-state index in [0.29, 0.717) is 6.54 Å². The molecule has 0 aliphatic heterocycles. The lowest BCUT2D eigenvalue weighted by Crippen LogP contribution is -2.44. The molecule has 1 rings (SSSR count). The molecule has 0 spiro atoms. The molecule has 23 heavy (non-hydrogen) atoms. The van der Waals surface area contributed by atoms with Gasteiger partial charge in [-0.05, 0) is 11.6 Å². The van der Waals surface area contributed by atoms with Crippen LogP contribution in [0.4, 0.5) is 0 Å². The van der Waals surface area contributed by atoms with Crippen LogP contribution in [0.5, 0.6) is 0 Å². The van der Waals surface area contributed by atoms with E-state index in [1.165, 1.54) is 7.11 Å². The highest BCUT2D eigenvalue weighted by molar-refractivity contribution is 9.10. The van der Waals surface area contributed by atoms with Crippen LogP contribution in [0.15, 0.2) is 28.7 Å². The molecule has 130 valence electrons. The number of amides is 2. The zero-order valence-electron chi connectivity index (χ0n) is 13.3. The minimum Gasteiger partial charge on any atom is -0.383 e. The first kappa shape index (κ1) is 21.9. The number of nitrogens with one attached hydrogen (secondary N) is 1. The molecule has 0 aliphatic carbocycles. The average Bonchev–Trinajstić information content (AvgIpc) is 2.49. The quantitative estimate of drug-likeness (QED) is 0.679. The number of methoxy groups -OCH3 is 1. The molecule has 3 N–H and O–H groups in total. The monoisotopic (exact) mass is 407 g/mol. The van der Waals surface area contributed by atoms with Crippen molar-refractivity contribution in [1.29, 1.82) is 0 Å². The van der Waals surface area contributed by atoms with Gasteiger partial charge in [-0.15, -0.1) is 12.4 Å². The van der Waals surface area contributed by atoms with E-state index in [-0.39, 0.29) is 43.8 Å². The Hall–Kier alpha value is -1.15. The van der Waals surface area contributed by atoms with Crippen LogP contribution in [0.25, 0.3) is 0 Å². The number of nitrogens with zero attached hydrogens (tertiary/aromatic N) is 1. The molecule has 1 atom stereocenters. The predicted molar refractivity (Wildman–Crippen MR) is 95.3 cm³/mol. The molecule has 0 saturated carbocycles. The van der Waals surface area contributed by atoms with E-state index in [1.54, 1.807) is 11.9 Å². The van der Waals surface area contributed by atoms with Gasteiger partial charge in [-0.25, -0.2) is 0 Å². The van der Waals surface area contributed by atoms with Crippen molar-refractivity contribution in [3.63, 3.8) is 0 Å². The highest BCUT2D eigenvalue weighted by Gasteiger charge is 2.14. The van der Waals surface area contributed by atoms with Gasteiger partial charge in [0, 0.05) is 38.1 Å². The number of carbonyl (C=O) groups is 2. The summed E-state index contributed by atoms with van der Waals surface area (Å²) in [5, 5.41) is 2.63. The topological polar surface area (TPSA) is 84.7 Å². The molecule has 8 heteroatoms. The van der Waals surface area contributed by atoms with Crippen molar-refractivity contribution in [2.45, 2.75) is 19.0 Å². The summed E-state index contributed by atoms with van der Waals surface area (Å²) >= 11 is 3.46. The van der Waals surface area contributed by atoms with Gasteiger partial charge in [-0.1, -0.05) is 34.1 Å². The van der Waals surface area contributed by atoms with Crippen LogP contribution in [0.1, 0.15) is 12.0 Å². The van der Waals surface area contributed by atoms with Gasteiger partial charge in [0.25, 0.3) is 0 Å². The summed E-state index contributed by atoms with van der Waals surface area (Å²) in [6.45, 7) is 0.925. The lowest BCUT2D eigenvalue weighted by Gasteiger charge is -2.18. The van der Waals surface area contributed by atoms with Crippen LogP contribution in [0.3, 0.4) is 0 Å². The molecule has 1 unspecified atom stereocenters. The van der Waals surface area contributed by atoms with Gasteiger partial charge >= 0.3 is 0 Å². The summed E-state index contributed by atoms with van der Waals surface area (Å²) in [6, 6.07) is 7.03. The molecule has 0 heterocycles. The molecule has 0 fully saturated rings. The highest BCUT2D eigenvalue weighted by Crippen LogP contribution is 2.17. The second-order valence-electron chi connectivity index (χ2n) is 4.94. The number of hydrogen-bond acceptors (Lipinski definition) is 4. The van der Waals surface area contributed by atoms with Crippen molar-refractivity contribution in [3.05, 3.63) is 34.3 Å². The van der Waals surface area contributed by atoms with Crippen LogP contribution in [0, 0.1) is 0 Å². The number of halogens is 2. The van der Waals surface area contributed by atoms with Gasteiger partial charge in [0.15, 0.2) is 0 Å². The number of nitrogens with two attached hydrogens (primary N) is 1. The van der Waals surface area contributed by atoms with E-state index in [0.717, 1.165) is 10.0 Å². The van der Waals surface area contributed by atoms with E-state index in [9.17, 15) is 9.59 Å². The largest absolute Gasteiger partial charge is 0.383 e. The Morgan fingerprint density at radius 2 is 2.04 bits per heavy atom. The molecule has 1 aromatic carbocycles. The van der Waals surface area contributed by atoms with Gasteiger partial charge in [0.2, 0.25) is 11.8 Å². The number of rotatable bonds is 8. The minimum atomic E-state index is -0.710. The Balaban J connectivity index is 0.00000484. The summed E-state index contributed by atoms with van der Waals surface area (Å²) in [6.07, 6.45) is 0.229. The molecule has 0 aromatic heterocycles. The van der Waals surface area contributed by atoms with Crippen molar-refractivity contribution in [3.8, 4) is 0 Å². The van der Waals surface area contributed by atoms with E-state index >= 15 is 0 Å². The average molecular weight is 409 g/mol. The van der Waals surface area contributed by atoms with Crippen LogP contribution in [-0.4, -0.2) is 50.1 Å². The zero-order valence-corrected chi connectivity index (χ0v) is 15.7. The second kappa shape index (κ2) is 11.4. The molecular formula is C15H23BrClN3O3. The van der Waals surface area contributed by atoms with E-state index in [1.807, 2.05) is 24.3 Å². The summed E-state index contributed by atoms with van der Waals surface area (Å²) in [7, 11) is 3.22. The van der Waals surface area contributed by atoms with Crippen molar-refractivity contribution < 1.29 is 14.3 Å². The number of ether oxygens (including phenoxy) is 1. The summed E-state index contributed by atoms with van der Waals surface area (Å²) < 4.78 is 5.77. The lowest BCUT2D eigenvalue weighted by molar-refractivity contribution is -0.130. The number of hydrogen-bond donors (Lipinski definition) is 2. The van der Waals surface area contributed by atoms with Crippen LogP contribution < -0.4 is 11.1 Å². The van der Waals surface area contributed by atoms with Crippen molar-refractivity contribution in [2.24, 2.45) is 5.73 Å². The maximum Gasteiger partial charge on any atom is 0.239 e.